The van der Waals surface area contributed by atoms with Crippen LogP contribution in [0.15, 0.2) is 28.7 Å². The first-order valence-electron chi connectivity index (χ1n) is 4.61. The number of nitrogens with one attached hydrogen (secondary N) is 1. The molecule has 0 amide bonds. The van der Waals surface area contributed by atoms with Crippen molar-refractivity contribution in [2.75, 3.05) is 7.05 Å². The maximum absolute atomic E-state index is 9.56. The average Bonchev–Trinajstić information content (AvgIpc) is 2.62. The van der Waals surface area contributed by atoms with Gasteiger partial charge in [-0.25, -0.2) is 0 Å². The van der Waals surface area contributed by atoms with Crippen LogP contribution >= 0.6 is 0 Å². The van der Waals surface area contributed by atoms with E-state index < -0.39 is 0 Å². The second-order valence-electron chi connectivity index (χ2n) is 3.35. The molecule has 0 bridgehead atoms. The van der Waals surface area contributed by atoms with Gasteiger partial charge in [-0.3, -0.25) is 0 Å². The summed E-state index contributed by atoms with van der Waals surface area (Å²) in [5.41, 5.74) is 0.724. The highest BCUT2D eigenvalue weighted by atomic mass is 16.3. The lowest BCUT2D eigenvalue weighted by molar-refractivity contribution is 0.473. The molecule has 1 aromatic carbocycles. The summed E-state index contributed by atoms with van der Waals surface area (Å²) in [4.78, 5) is 0. The van der Waals surface area contributed by atoms with Crippen molar-refractivity contribution in [1.82, 2.24) is 5.32 Å². The van der Waals surface area contributed by atoms with Gasteiger partial charge in [0, 0.05) is 0 Å². The molecule has 2 N–H and O–H groups in total. The quantitative estimate of drug-likeness (QED) is 0.766. The van der Waals surface area contributed by atoms with Crippen LogP contribution in [0, 0.1) is 0 Å². The summed E-state index contributed by atoms with van der Waals surface area (Å²) in [6, 6.07) is 7.30. The summed E-state index contributed by atoms with van der Waals surface area (Å²) >= 11 is 0. The van der Waals surface area contributed by atoms with Gasteiger partial charge in [0.15, 0.2) is 0 Å². The summed E-state index contributed by atoms with van der Waals surface area (Å²) < 4.78 is 5.58. The molecule has 0 aliphatic carbocycles. The Morgan fingerprint density at radius 2 is 2.21 bits per heavy atom. The largest absolute Gasteiger partial charge is 0.507 e. The zero-order valence-corrected chi connectivity index (χ0v) is 8.24. The molecular formula is C11H13NO2. The topological polar surface area (TPSA) is 45.4 Å². The maximum Gasteiger partial charge on any atom is 0.138 e. The van der Waals surface area contributed by atoms with E-state index in [1.54, 1.807) is 12.1 Å². The minimum atomic E-state index is 0.154. The van der Waals surface area contributed by atoms with E-state index in [-0.39, 0.29) is 11.8 Å². The first-order valence-corrected chi connectivity index (χ1v) is 4.61. The van der Waals surface area contributed by atoms with Crippen LogP contribution in [0.3, 0.4) is 0 Å². The van der Waals surface area contributed by atoms with Crippen molar-refractivity contribution in [3.63, 3.8) is 0 Å². The normalized spacial score (nSPS) is 13.3. The number of benzene rings is 1. The molecule has 14 heavy (non-hydrogen) atoms. The fourth-order valence-corrected chi connectivity index (χ4v) is 1.42. The van der Waals surface area contributed by atoms with Gasteiger partial charge in [0.2, 0.25) is 0 Å². The predicted octanol–water partition coefficient (Wildman–Crippen LogP) is 2.42. The van der Waals surface area contributed by atoms with E-state index in [4.69, 9.17) is 4.42 Å². The number of hydrogen-bond acceptors (Lipinski definition) is 3. The smallest absolute Gasteiger partial charge is 0.138 e. The zero-order valence-electron chi connectivity index (χ0n) is 8.24. The monoisotopic (exact) mass is 191 g/mol. The standard InChI is InChI=1S/C11H13NO2/c1-7(12-2)11-6-8-9(13)4-3-5-10(8)14-11/h3-7,12-13H,1-2H3. The molecule has 0 aliphatic heterocycles. The molecule has 0 fully saturated rings. The van der Waals surface area contributed by atoms with Crippen molar-refractivity contribution in [2.24, 2.45) is 0 Å². The van der Waals surface area contributed by atoms with Gasteiger partial charge < -0.3 is 14.8 Å². The molecule has 0 radical (unpaired) electrons. The van der Waals surface area contributed by atoms with E-state index in [2.05, 4.69) is 5.32 Å². The van der Waals surface area contributed by atoms with Crippen molar-refractivity contribution < 1.29 is 9.52 Å². The molecule has 74 valence electrons. The minimum absolute atomic E-state index is 0.154. The molecule has 1 heterocycles. The molecule has 0 aliphatic rings. The van der Waals surface area contributed by atoms with Gasteiger partial charge in [-0.05, 0) is 32.2 Å². The van der Waals surface area contributed by atoms with Crippen LogP contribution in [0.25, 0.3) is 11.0 Å². The summed E-state index contributed by atoms with van der Waals surface area (Å²) in [5.74, 6) is 1.10. The second-order valence-corrected chi connectivity index (χ2v) is 3.35. The van der Waals surface area contributed by atoms with E-state index in [9.17, 15) is 5.11 Å². The Morgan fingerprint density at radius 1 is 1.43 bits per heavy atom. The molecular weight excluding hydrogens is 178 g/mol. The van der Waals surface area contributed by atoms with Crippen LogP contribution < -0.4 is 5.32 Å². The third-order valence-electron chi connectivity index (χ3n) is 2.42. The molecule has 2 aromatic rings. The Labute approximate surface area is 82.3 Å². The van der Waals surface area contributed by atoms with Crippen molar-refractivity contribution in [2.45, 2.75) is 13.0 Å². The highest BCUT2D eigenvalue weighted by Crippen LogP contribution is 2.29. The molecule has 1 aromatic heterocycles. The SMILES string of the molecule is CNC(C)c1cc2c(O)cccc2o1. The van der Waals surface area contributed by atoms with Crippen LogP contribution in [0.2, 0.25) is 0 Å². The van der Waals surface area contributed by atoms with Crippen LogP contribution in [0.5, 0.6) is 5.75 Å². The number of rotatable bonds is 2. The van der Waals surface area contributed by atoms with Gasteiger partial charge in [0.05, 0.1) is 11.4 Å². The van der Waals surface area contributed by atoms with Crippen molar-refractivity contribution in [1.29, 1.82) is 0 Å². The number of furan rings is 1. The molecule has 0 spiro atoms. The van der Waals surface area contributed by atoms with Crippen LogP contribution in [-0.2, 0) is 0 Å². The van der Waals surface area contributed by atoms with E-state index >= 15 is 0 Å². The van der Waals surface area contributed by atoms with E-state index in [1.807, 2.05) is 26.1 Å². The van der Waals surface area contributed by atoms with Crippen molar-refractivity contribution >= 4 is 11.0 Å². The molecule has 3 nitrogen and oxygen atoms in total. The Morgan fingerprint density at radius 3 is 2.86 bits per heavy atom. The van der Waals surface area contributed by atoms with E-state index in [0.717, 1.165) is 16.7 Å². The van der Waals surface area contributed by atoms with Gasteiger partial charge in [0.25, 0.3) is 0 Å². The highest BCUT2D eigenvalue weighted by Gasteiger charge is 2.11. The predicted molar refractivity (Wildman–Crippen MR) is 55.4 cm³/mol. The molecule has 1 unspecified atom stereocenters. The molecule has 1 atom stereocenters. The summed E-state index contributed by atoms with van der Waals surface area (Å²) in [6.45, 7) is 2.01. The Bertz CT molecular complexity index is 447. The average molecular weight is 191 g/mol. The fourth-order valence-electron chi connectivity index (χ4n) is 1.42. The number of fused-ring (bicyclic) bond motifs is 1. The number of phenols is 1. The van der Waals surface area contributed by atoms with Crippen LogP contribution in [-0.4, -0.2) is 12.2 Å². The number of hydrogen-bond donors (Lipinski definition) is 2. The Hall–Kier alpha value is -1.48. The van der Waals surface area contributed by atoms with Crippen LogP contribution in [0.1, 0.15) is 18.7 Å². The summed E-state index contributed by atoms with van der Waals surface area (Å²) in [6.07, 6.45) is 0. The lowest BCUT2D eigenvalue weighted by atomic mass is 10.2. The van der Waals surface area contributed by atoms with Gasteiger partial charge in [-0.15, -0.1) is 0 Å². The maximum atomic E-state index is 9.56. The first-order chi connectivity index (χ1) is 6.72. The van der Waals surface area contributed by atoms with Gasteiger partial charge >= 0.3 is 0 Å². The summed E-state index contributed by atoms with van der Waals surface area (Å²) in [5, 5.41) is 13.4. The zero-order chi connectivity index (χ0) is 10.1. The minimum Gasteiger partial charge on any atom is -0.507 e. The van der Waals surface area contributed by atoms with Crippen LogP contribution in [0.4, 0.5) is 0 Å². The first kappa shape index (κ1) is 9.09. The Balaban J connectivity index is 2.56. The third-order valence-corrected chi connectivity index (χ3v) is 2.42. The third kappa shape index (κ3) is 1.36. The highest BCUT2D eigenvalue weighted by molar-refractivity contribution is 5.84. The number of phenolic OH excluding ortho intramolecular Hbond substituents is 1. The molecule has 2 rings (SSSR count). The lowest BCUT2D eigenvalue weighted by Crippen LogP contribution is -2.10. The summed E-state index contributed by atoms with van der Waals surface area (Å²) in [7, 11) is 1.87. The fraction of sp³-hybridized carbons (Fsp3) is 0.273. The second kappa shape index (κ2) is 3.35. The van der Waals surface area contributed by atoms with E-state index in [1.165, 1.54) is 0 Å². The van der Waals surface area contributed by atoms with Gasteiger partial charge in [0.1, 0.15) is 17.1 Å². The lowest BCUT2D eigenvalue weighted by Gasteiger charge is -2.04. The molecule has 0 saturated carbocycles. The number of aromatic hydroxyl groups is 1. The molecule has 0 saturated heterocycles. The van der Waals surface area contributed by atoms with Gasteiger partial charge in [-0.1, -0.05) is 6.07 Å². The molecule has 3 heteroatoms. The van der Waals surface area contributed by atoms with Crippen molar-refractivity contribution in [3.05, 3.63) is 30.0 Å². The van der Waals surface area contributed by atoms with E-state index in [0.29, 0.717) is 0 Å². The van der Waals surface area contributed by atoms with Crippen molar-refractivity contribution in [3.8, 4) is 5.75 Å². The van der Waals surface area contributed by atoms with Gasteiger partial charge in [-0.2, -0.15) is 0 Å². The Kier molecular flexibility index (Phi) is 2.17.